The SMILES string of the molecule is CCOC(=O)COc1ccc(C(N)=O)cc1C(=O)Nc1ccc(OC(F)(F)F)cc1. The predicted octanol–water partition coefficient (Wildman–Crippen LogP) is 2.88. The topological polar surface area (TPSA) is 117 Å². The highest BCUT2D eigenvalue weighted by Gasteiger charge is 2.31. The minimum absolute atomic E-state index is 0.0116. The molecule has 0 saturated carbocycles. The monoisotopic (exact) mass is 426 g/mol. The van der Waals surface area contributed by atoms with Crippen LogP contribution >= 0.6 is 0 Å². The summed E-state index contributed by atoms with van der Waals surface area (Å²) in [5.74, 6) is -2.70. The highest BCUT2D eigenvalue weighted by Crippen LogP contribution is 2.25. The van der Waals surface area contributed by atoms with Gasteiger partial charge in [-0.2, -0.15) is 0 Å². The van der Waals surface area contributed by atoms with Crippen LogP contribution in [-0.2, 0) is 9.53 Å². The maximum Gasteiger partial charge on any atom is 0.573 e. The first-order valence-corrected chi connectivity index (χ1v) is 8.48. The van der Waals surface area contributed by atoms with Gasteiger partial charge in [-0.05, 0) is 49.4 Å². The third-order valence-electron chi connectivity index (χ3n) is 3.51. The van der Waals surface area contributed by atoms with E-state index in [-0.39, 0.29) is 29.2 Å². The van der Waals surface area contributed by atoms with Gasteiger partial charge >= 0.3 is 12.3 Å². The van der Waals surface area contributed by atoms with Crippen molar-refractivity contribution in [1.29, 1.82) is 0 Å². The number of ether oxygens (including phenoxy) is 3. The average Bonchev–Trinajstić information content (AvgIpc) is 2.66. The Morgan fingerprint density at radius 2 is 1.73 bits per heavy atom. The molecule has 0 fully saturated rings. The summed E-state index contributed by atoms with van der Waals surface area (Å²) in [5.41, 5.74) is 5.26. The molecule has 0 unspecified atom stereocenters. The number of benzene rings is 2. The van der Waals surface area contributed by atoms with Gasteiger partial charge in [-0.3, -0.25) is 9.59 Å². The number of hydrogen-bond acceptors (Lipinski definition) is 6. The molecule has 11 heteroatoms. The van der Waals surface area contributed by atoms with Gasteiger partial charge < -0.3 is 25.3 Å². The van der Waals surface area contributed by atoms with Gasteiger partial charge in [-0.15, -0.1) is 13.2 Å². The first kappa shape index (κ1) is 22.5. The maximum absolute atomic E-state index is 12.6. The summed E-state index contributed by atoms with van der Waals surface area (Å²) in [6.07, 6.45) is -4.84. The fourth-order valence-electron chi connectivity index (χ4n) is 2.26. The van der Waals surface area contributed by atoms with Crippen LogP contribution in [0.5, 0.6) is 11.5 Å². The fraction of sp³-hybridized carbons (Fsp3) is 0.211. The summed E-state index contributed by atoms with van der Waals surface area (Å²) in [5, 5.41) is 2.44. The first-order chi connectivity index (χ1) is 14.1. The molecule has 0 atom stereocenters. The molecular weight excluding hydrogens is 409 g/mol. The number of nitrogens with two attached hydrogens (primary N) is 1. The van der Waals surface area contributed by atoms with E-state index in [2.05, 4.69) is 10.1 Å². The zero-order chi connectivity index (χ0) is 22.3. The van der Waals surface area contributed by atoms with Crippen LogP contribution in [0.1, 0.15) is 27.6 Å². The maximum atomic E-state index is 12.6. The lowest BCUT2D eigenvalue weighted by molar-refractivity contribution is -0.274. The van der Waals surface area contributed by atoms with Crippen molar-refractivity contribution in [2.45, 2.75) is 13.3 Å². The summed E-state index contributed by atoms with van der Waals surface area (Å²) < 4.78 is 50.4. The van der Waals surface area contributed by atoms with Crippen LogP contribution in [0.25, 0.3) is 0 Å². The molecule has 0 spiro atoms. The van der Waals surface area contributed by atoms with Crippen LogP contribution in [0, 0.1) is 0 Å². The second-order valence-corrected chi connectivity index (χ2v) is 5.70. The number of anilines is 1. The third kappa shape index (κ3) is 6.69. The van der Waals surface area contributed by atoms with Crippen molar-refractivity contribution in [2.24, 2.45) is 5.73 Å². The highest BCUT2D eigenvalue weighted by molar-refractivity contribution is 6.08. The van der Waals surface area contributed by atoms with Gasteiger partial charge in [0, 0.05) is 11.3 Å². The van der Waals surface area contributed by atoms with Crippen molar-refractivity contribution in [3.05, 3.63) is 53.6 Å². The number of amides is 2. The Balaban J connectivity index is 2.20. The Labute approximate surface area is 168 Å². The summed E-state index contributed by atoms with van der Waals surface area (Å²) >= 11 is 0. The number of rotatable bonds is 8. The normalized spacial score (nSPS) is 10.8. The standard InChI is InChI=1S/C19H17F3N2O6/c1-2-28-16(25)10-29-15-8-3-11(17(23)26)9-14(15)18(27)24-12-4-6-13(7-5-12)30-19(20,21)22/h3-9H,2,10H2,1H3,(H2,23,26)(H,24,27). The Bertz CT molecular complexity index is 929. The second-order valence-electron chi connectivity index (χ2n) is 5.70. The number of carbonyl (C=O) groups excluding carboxylic acids is 3. The van der Waals surface area contributed by atoms with Crippen LogP contribution in [-0.4, -0.2) is 37.4 Å². The van der Waals surface area contributed by atoms with Gasteiger partial charge in [-0.1, -0.05) is 0 Å². The van der Waals surface area contributed by atoms with E-state index >= 15 is 0 Å². The van der Waals surface area contributed by atoms with Gasteiger partial charge in [0.2, 0.25) is 5.91 Å². The number of primary amides is 1. The van der Waals surface area contributed by atoms with Gasteiger partial charge in [0.05, 0.1) is 12.2 Å². The number of alkyl halides is 3. The molecule has 160 valence electrons. The molecule has 0 aliphatic rings. The van der Waals surface area contributed by atoms with Crippen molar-refractivity contribution >= 4 is 23.5 Å². The van der Waals surface area contributed by atoms with Crippen LogP contribution in [0.3, 0.4) is 0 Å². The molecule has 3 N–H and O–H groups in total. The lowest BCUT2D eigenvalue weighted by Gasteiger charge is -2.13. The first-order valence-electron chi connectivity index (χ1n) is 8.48. The Kier molecular flexibility index (Phi) is 7.23. The zero-order valence-electron chi connectivity index (χ0n) is 15.6. The van der Waals surface area contributed by atoms with E-state index in [1.807, 2.05) is 0 Å². The quantitative estimate of drug-likeness (QED) is 0.627. The van der Waals surface area contributed by atoms with E-state index in [9.17, 15) is 27.6 Å². The number of halogens is 3. The summed E-state index contributed by atoms with van der Waals surface area (Å²) in [6, 6.07) is 8.17. The van der Waals surface area contributed by atoms with E-state index in [1.165, 1.54) is 30.3 Å². The molecule has 2 aromatic carbocycles. The molecule has 30 heavy (non-hydrogen) atoms. The molecule has 8 nitrogen and oxygen atoms in total. The van der Waals surface area contributed by atoms with Crippen LogP contribution < -0.4 is 20.5 Å². The Morgan fingerprint density at radius 1 is 1.07 bits per heavy atom. The van der Waals surface area contributed by atoms with Crippen molar-refractivity contribution in [3.8, 4) is 11.5 Å². The average molecular weight is 426 g/mol. The van der Waals surface area contributed by atoms with Crippen LogP contribution in [0.4, 0.5) is 18.9 Å². The number of carbonyl (C=O) groups is 3. The van der Waals surface area contributed by atoms with E-state index in [4.69, 9.17) is 15.2 Å². The smallest absolute Gasteiger partial charge is 0.481 e. The van der Waals surface area contributed by atoms with E-state index in [1.54, 1.807) is 6.92 Å². The fourth-order valence-corrected chi connectivity index (χ4v) is 2.26. The van der Waals surface area contributed by atoms with Crippen molar-refractivity contribution < 1.29 is 41.8 Å². The Hall–Kier alpha value is -3.76. The van der Waals surface area contributed by atoms with Crippen LogP contribution in [0.2, 0.25) is 0 Å². The lowest BCUT2D eigenvalue weighted by Crippen LogP contribution is -2.19. The summed E-state index contributed by atoms with van der Waals surface area (Å²) in [7, 11) is 0. The van der Waals surface area contributed by atoms with Crippen molar-refractivity contribution in [3.63, 3.8) is 0 Å². The summed E-state index contributed by atoms with van der Waals surface area (Å²) in [6.45, 7) is 1.28. The summed E-state index contributed by atoms with van der Waals surface area (Å²) in [4.78, 5) is 35.5. The minimum Gasteiger partial charge on any atom is -0.481 e. The molecule has 0 radical (unpaired) electrons. The van der Waals surface area contributed by atoms with Crippen molar-refractivity contribution in [1.82, 2.24) is 0 Å². The molecule has 0 aromatic heterocycles. The third-order valence-corrected chi connectivity index (χ3v) is 3.51. The van der Waals surface area contributed by atoms with Gasteiger partial charge in [0.25, 0.3) is 5.91 Å². The second kappa shape index (κ2) is 9.63. The largest absolute Gasteiger partial charge is 0.573 e. The van der Waals surface area contributed by atoms with E-state index < -0.39 is 36.5 Å². The molecular formula is C19H17F3N2O6. The molecule has 2 aromatic rings. The molecule has 0 heterocycles. The zero-order valence-corrected chi connectivity index (χ0v) is 15.6. The minimum atomic E-state index is -4.84. The van der Waals surface area contributed by atoms with Gasteiger partial charge in [0.15, 0.2) is 6.61 Å². The van der Waals surface area contributed by atoms with Crippen LogP contribution in [0.15, 0.2) is 42.5 Å². The highest BCUT2D eigenvalue weighted by atomic mass is 19.4. The van der Waals surface area contributed by atoms with Crippen molar-refractivity contribution in [2.75, 3.05) is 18.5 Å². The number of esters is 1. The lowest BCUT2D eigenvalue weighted by atomic mass is 10.1. The van der Waals surface area contributed by atoms with Gasteiger partial charge in [-0.25, -0.2) is 4.79 Å². The number of hydrogen-bond donors (Lipinski definition) is 2. The molecule has 0 aliphatic heterocycles. The number of nitrogens with one attached hydrogen (secondary N) is 1. The van der Waals surface area contributed by atoms with Gasteiger partial charge in [0.1, 0.15) is 11.5 Å². The molecule has 2 rings (SSSR count). The Morgan fingerprint density at radius 3 is 2.30 bits per heavy atom. The van der Waals surface area contributed by atoms with E-state index in [0.29, 0.717) is 0 Å². The molecule has 0 aliphatic carbocycles. The molecule has 0 saturated heterocycles. The molecule has 0 bridgehead atoms. The molecule has 2 amide bonds. The van der Waals surface area contributed by atoms with E-state index in [0.717, 1.165) is 12.1 Å². The predicted molar refractivity (Wildman–Crippen MR) is 98.2 cm³/mol.